The van der Waals surface area contributed by atoms with Crippen LogP contribution in [0, 0.1) is 5.41 Å². The summed E-state index contributed by atoms with van der Waals surface area (Å²) in [5.74, 6) is 2.51. The van der Waals surface area contributed by atoms with E-state index in [1.54, 1.807) is 0 Å². The number of nitrogens with one attached hydrogen (secondary N) is 1. The summed E-state index contributed by atoms with van der Waals surface area (Å²) in [6.45, 7) is 15.3. The van der Waals surface area contributed by atoms with Gasteiger partial charge in [-0.3, -0.25) is 4.90 Å². The molecule has 1 N–H and O–H groups in total. The third-order valence-electron chi connectivity index (χ3n) is 3.66. The quantitative estimate of drug-likeness (QED) is 0.835. The molecule has 0 saturated carbocycles. The molecular formula is C14H30N2S. The van der Waals surface area contributed by atoms with Crippen LogP contribution in [0.1, 0.15) is 41.0 Å². The maximum atomic E-state index is 3.71. The van der Waals surface area contributed by atoms with Gasteiger partial charge in [0, 0.05) is 24.4 Å². The van der Waals surface area contributed by atoms with Crippen LogP contribution in [0.3, 0.4) is 0 Å². The molecule has 0 aromatic rings. The van der Waals surface area contributed by atoms with Gasteiger partial charge >= 0.3 is 0 Å². The predicted octanol–water partition coefficient (Wildman–Crippen LogP) is 2.84. The Balaban J connectivity index is 2.53. The molecule has 0 bridgehead atoms. The van der Waals surface area contributed by atoms with Gasteiger partial charge in [-0.15, -0.1) is 0 Å². The lowest BCUT2D eigenvalue weighted by Crippen LogP contribution is -2.48. The molecule has 1 saturated heterocycles. The number of hydrogen-bond acceptors (Lipinski definition) is 3. The van der Waals surface area contributed by atoms with E-state index in [-0.39, 0.29) is 0 Å². The Morgan fingerprint density at radius 2 is 2.12 bits per heavy atom. The first-order valence-electron chi connectivity index (χ1n) is 7.00. The molecule has 0 spiro atoms. The van der Waals surface area contributed by atoms with Crippen molar-refractivity contribution in [2.45, 2.75) is 53.1 Å². The van der Waals surface area contributed by atoms with Crippen molar-refractivity contribution in [2.24, 2.45) is 5.41 Å². The minimum atomic E-state index is 0.361. The first-order chi connectivity index (χ1) is 7.95. The van der Waals surface area contributed by atoms with Crippen molar-refractivity contribution in [3.8, 4) is 0 Å². The van der Waals surface area contributed by atoms with E-state index in [0.29, 0.717) is 17.5 Å². The zero-order valence-electron chi connectivity index (χ0n) is 12.3. The molecule has 0 aromatic carbocycles. The first kappa shape index (κ1) is 15.3. The summed E-state index contributed by atoms with van der Waals surface area (Å²) in [5, 5.41) is 3.71. The second kappa shape index (κ2) is 7.01. The summed E-state index contributed by atoms with van der Waals surface area (Å²) in [5.41, 5.74) is 0.361. The van der Waals surface area contributed by atoms with Gasteiger partial charge in [-0.25, -0.2) is 0 Å². The third kappa shape index (κ3) is 5.19. The molecule has 3 heteroatoms. The topological polar surface area (TPSA) is 15.3 Å². The minimum absolute atomic E-state index is 0.361. The van der Waals surface area contributed by atoms with Crippen molar-refractivity contribution < 1.29 is 0 Å². The van der Waals surface area contributed by atoms with Gasteiger partial charge in [0.25, 0.3) is 0 Å². The summed E-state index contributed by atoms with van der Waals surface area (Å²) in [6, 6.07) is 1.34. The predicted molar refractivity (Wildman–Crippen MR) is 79.9 cm³/mol. The Labute approximate surface area is 112 Å². The van der Waals surface area contributed by atoms with E-state index in [1.165, 1.54) is 37.6 Å². The molecule has 1 fully saturated rings. The number of nitrogens with zero attached hydrogens (tertiary/aromatic N) is 1. The highest BCUT2D eigenvalue weighted by molar-refractivity contribution is 7.99. The lowest BCUT2D eigenvalue weighted by atomic mass is 9.86. The van der Waals surface area contributed by atoms with Gasteiger partial charge < -0.3 is 5.32 Å². The van der Waals surface area contributed by atoms with Crippen molar-refractivity contribution in [3.63, 3.8) is 0 Å². The van der Waals surface area contributed by atoms with E-state index in [9.17, 15) is 0 Å². The van der Waals surface area contributed by atoms with Crippen molar-refractivity contribution in [1.29, 1.82) is 0 Å². The van der Waals surface area contributed by atoms with Crippen molar-refractivity contribution >= 4 is 11.8 Å². The van der Waals surface area contributed by atoms with E-state index in [1.807, 2.05) is 0 Å². The number of hydrogen-bond donors (Lipinski definition) is 1. The largest absolute Gasteiger partial charge is 0.312 e. The van der Waals surface area contributed by atoms with Crippen LogP contribution < -0.4 is 5.32 Å². The molecule has 17 heavy (non-hydrogen) atoms. The van der Waals surface area contributed by atoms with Crippen LogP contribution in [0.25, 0.3) is 0 Å². The molecule has 1 heterocycles. The maximum Gasteiger partial charge on any atom is 0.0243 e. The molecule has 102 valence electrons. The smallest absolute Gasteiger partial charge is 0.0243 e. The molecule has 0 aliphatic carbocycles. The fourth-order valence-electron chi connectivity index (χ4n) is 2.32. The Hall–Kier alpha value is 0.270. The van der Waals surface area contributed by atoms with Crippen LogP contribution in [-0.2, 0) is 0 Å². The van der Waals surface area contributed by atoms with Crippen LogP contribution in [-0.4, -0.2) is 48.1 Å². The standard InChI is InChI=1S/C14H30N2S/c1-6-17-11-12(2)16-9-7-8-15-13(10-16)14(3,4)5/h12-13,15H,6-11H2,1-5H3. The Bertz CT molecular complexity index is 213. The van der Waals surface area contributed by atoms with Gasteiger partial charge in [0.2, 0.25) is 0 Å². The minimum Gasteiger partial charge on any atom is -0.312 e. The summed E-state index contributed by atoms with van der Waals surface area (Å²) in [6.07, 6.45) is 1.29. The van der Waals surface area contributed by atoms with Crippen molar-refractivity contribution in [2.75, 3.05) is 31.1 Å². The van der Waals surface area contributed by atoms with E-state index in [4.69, 9.17) is 0 Å². The van der Waals surface area contributed by atoms with Gasteiger partial charge in [-0.05, 0) is 37.6 Å². The van der Waals surface area contributed by atoms with Gasteiger partial charge in [0.15, 0.2) is 0 Å². The summed E-state index contributed by atoms with van der Waals surface area (Å²) >= 11 is 2.06. The van der Waals surface area contributed by atoms with Crippen LogP contribution in [0.5, 0.6) is 0 Å². The number of rotatable bonds is 4. The lowest BCUT2D eigenvalue weighted by molar-refractivity contribution is 0.171. The van der Waals surface area contributed by atoms with E-state index < -0.39 is 0 Å². The molecule has 0 radical (unpaired) electrons. The second-order valence-corrected chi connectivity index (χ2v) is 7.55. The highest BCUT2D eigenvalue weighted by atomic mass is 32.2. The number of thioether (sulfide) groups is 1. The van der Waals surface area contributed by atoms with Gasteiger partial charge in [0.1, 0.15) is 0 Å². The third-order valence-corrected chi connectivity index (χ3v) is 4.79. The first-order valence-corrected chi connectivity index (χ1v) is 8.15. The summed E-state index contributed by atoms with van der Waals surface area (Å²) < 4.78 is 0. The average Bonchev–Trinajstić information content (AvgIpc) is 2.50. The zero-order chi connectivity index (χ0) is 12.9. The molecule has 1 aliphatic heterocycles. The van der Waals surface area contributed by atoms with Gasteiger partial charge in [-0.1, -0.05) is 27.7 Å². The van der Waals surface area contributed by atoms with Crippen LogP contribution >= 0.6 is 11.8 Å². The average molecular weight is 258 g/mol. The molecule has 1 aliphatic rings. The molecular weight excluding hydrogens is 228 g/mol. The highest BCUT2D eigenvalue weighted by Gasteiger charge is 2.29. The Morgan fingerprint density at radius 1 is 1.41 bits per heavy atom. The zero-order valence-corrected chi connectivity index (χ0v) is 13.1. The van der Waals surface area contributed by atoms with E-state index in [0.717, 1.165) is 0 Å². The highest BCUT2D eigenvalue weighted by Crippen LogP contribution is 2.23. The monoisotopic (exact) mass is 258 g/mol. The lowest BCUT2D eigenvalue weighted by Gasteiger charge is -2.36. The van der Waals surface area contributed by atoms with Crippen LogP contribution in [0.4, 0.5) is 0 Å². The summed E-state index contributed by atoms with van der Waals surface area (Å²) in [7, 11) is 0. The van der Waals surface area contributed by atoms with Crippen molar-refractivity contribution in [3.05, 3.63) is 0 Å². The molecule has 2 unspecified atom stereocenters. The second-order valence-electron chi connectivity index (χ2n) is 6.23. The van der Waals surface area contributed by atoms with Crippen molar-refractivity contribution in [1.82, 2.24) is 10.2 Å². The van der Waals surface area contributed by atoms with Gasteiger partial charge in [-0.2, -0.15) is 11.8 Å². The molecule has 0 aromatic heterocycles. The maximum absolute atomic E-state index is 3.71. The normalized spacial score (nSPS) is 25.6. The fraction of sp³-hybridized carbons (Fsp3) is 1.00. The fourth-order valence-corrected chi connectivity index (χ4v) is 3.11. The summed E-state index contributed by atoms with van der Waals surface area (Å²) in [4.78, 5) is 2.68. The SMILES string of the molecule is CCSCC(C)N1CCCNC(C(C)(C)C)C1. The molecule has 2 atom stereocenters. The molecule has 0 amide bonds. The molecule has 1 rings (SSSR count). The van der Waals surface area contributed by atoms with Gasteiger partial charge in [0.05, 0.1) is 0 Å². The van der Waals surface area contributed by atoms with Crippen LogP contribution in [0.15, 0.2) is 0 Å². The Morgan fingerprint density at radius 3 is 2.71 bits per heavy atom. The van der Waals surface area contributed by atoms with Crippen LogP contribution in [0.2, 0.25) is 0 Å². The molecule has 2 nitrogen and oxygen atoms in total. The van der Waals surface area contributed by atoms with E-state index >= 15 is 0 Å². The van der Waals surface area contributed by atoms with E-state index in [2.05, 4.69) is 56.6 Å². The Kier molecular flexibility index (Phi) is 6.32.